The van der Waals surface area contributed by atoms with E-state index in [9.17, 15) is 14.0 Å². The summed E-state index contributed by atoms with van der Waals surface area (Å²) in [5.74, 6) is -2.60. The molecular formula is C13H8ClFN2O3. The highest BCUT2D eigenvalue weighted by molar-refractivity contribution is 6.30. The van der Waals surface area contributed by atoms with Gasteiger partial charge in [-0.15, -0.1) is 0 Å². The first-order valence-corrected chi connectivity index (χ1v) is 5.81. The van der Waals surface area contributed by atoms with Gasteiger partial charge in [0.25, 0.3) is 5.91 Å². The SMILES string of the molecule is O=C(O)c1ccc(NC(=O)c2ccc(Cl)cc2F)cn1. The molecule has 2 N–H and O–H groups in total. The molecule has 1 aromatic carbocycles. The first-order valence-electron chi connectivity index (χ1n) is 5.43. The summed E-state index contributed by atoms with van der Waals surface area (Å²) >= 11 is 5.59. The van der Waals surface area contributed by atoms with Gasteiger partial charge in [0.05, 0.1) is 17.4 Å². The van der Waals surface area contributed by atoms with Gasteiger partial charge in [-0.1, -0.05) is 11.6 Å². The van der Waals surface area contributed by atoms with Crippen LogP contribution in [0.4, 0.5) is 10.1 Å². The van der Waals surface area contributed by atoms with Crippen molar-refractivity contribution in [2.45, 2.75) is 0 Å². The van der Waals surface area contributed by atoms with Crippen LogP contribution in [0.25, 0.3) is 0 Å². The summed E-state index contributed by atoms with van der Waals surface area (Å²) in [5.41, 5.74) is -0.0632. The average molecular weight is 295 g/mol. The van der Waals surface area contributed by atoms with Crippen LogP contribution >= 0.6 is 11.6 Å². The molecule has 5 nitrogen and oxygen atoms in total. The number of halogens is 2. The van der Waals surface area contributed by atoms with Crippen LogP contribution in [-0.2, 0) is 0 Å². The fourth-order valence-electron chi connectivity index (χ4n) is 1.47. The molecule has 0 radical (unpaired) electrons. The van der Waals surface area contributed by atoms with Gasteiger partial charge in [-0.2, -0.15) is 0 Å². The number of aromatic nitrogens is 1. The molecule has 2 aromatic rings. The Balaban J connectivity index is 2.17. The second-order valence-electron chi connectivity index (χ2n) is 3.82. The Bertz CT molecular complexity index is 674. The molecule has 20 heavy (non-hydrogen) atoms. The molecular weight excluding hydrogens is 287 g/mol. The number of carboxylic acid groups (broad SMARTS) is 1. The smallest absolute Gasteiger partial charge is 0.354 e. The number of amides is 1. The van der Waals surface area contributed by atoms with Crippen LogP contribution in [0.1, 0.15) is 20.8 Å². The molecule has 2 rings (SSSR count). The molecule has 0 saturated carbocycles. The minimum Gasteiger partial charge on any atom is -0.477 e. The maximum atomic E-state index is 13.5. The molecule has 0 aliphatic carbocycles. The highest BCUT2D eigenvalue weighted by atomic mass is 35.5. The number of carboxylic acids is 1. The number of carbonyl (C=O) groups is 2. The normalized spacial score (nSPS) is 10.1. The quantitative estimate of drug-likeness (QED) is 0.912. The zero-order chi connectivity index (χ0) is 14.7. The van der Waals surface area contributed by atoms with Crippen molar-refractivity contribution in [1.29, 1.82) is 0 Å². The Kier molecular flexibility index (Phi) is 3.95. The second-order valence-corrected chi connectivity index (χ2v) is 4.25. The topological polar surface area (TPSA) is 79.3 Å². The van der Waals surface area contributed by atoms with E-state index in [1.54, 1.807) is 0 Å². The number of hydrogen-bond donors (Lipinski definition) is 2. The average Bonchev–Trinajstić information content (AvgIpc) is 2.39. The molecule has 1 amide bonds. The second kappa shape index (κ2) is 5.66. The number of benzene rings is 1. The van der Waals surface area contributed by atoms with Gasteiger partial charge in [0.2, 0.25) is 0 Å². The summed E-state index contributed by atoms with van der Waals surface area (Å²) in [6.45, 7) is 0. The molecule has 0 aliphatic rings. The monoisotopic (exact) mass is 294 g/mol. The fourth-order valence-corrected chi connectivity index (χ4v) is 1.63. The summed E-state index contributed by atoms with van der Waals surface area (Å²) in [7, 11) is 0. The van der Waals surface area contributed by atoms with Crippen molar-refractivity contribution in [2.75, 3.05) is 5.32 Å². The van der Waals surface area contributed by atoms with Crippen LogP contribution in [0.2, 0.25) is 5.02 Å². The number of aromatic carboxylic acids is 1. The lowest BCUT2D eigenvalue weighted by Gasteiger charge is -2.06. The summed E-state index contributed by atoms with van der Waals surface area (Å²) in [4.78, 5) is 26.1. The third kappa shape index (κ3) is 3.10. The van der Waals surface area contributed by atoms with Crippen LogP contribution < -0.4 is 5.32 Å². The van der Waals surface area contributed by atoms with Crippen molar-refractivity contribution in [1.82, 2.24) is 4.98 Å². The lowest BCUT2D eigenvalue weighted by molar-refractivity contribution is 0.0690. The van der Waals surface area contributed by atoms with Gasteiger partial charge in [0.15, 0.2) is 0 Å². The first kappa shape index (κ1) is 14.0. The first-order chi connectivity index (χ1) is 9.47. The number of carbonyl (C=O) groups excluding carboxylic acids is 1. The van der Waals surface area contributed by atoms with Crippen molar-refractivity contribution >= 4 is 29.2 Å². The fraction of sp³-hybridized carbons (Fsp3) is 0. The van der Waals surface area contributed by atoms with E-state index in [0.717, 1.165) is 6.07 Å². The zero-order valence-corrected chi connectivity index (χ0v) is 10.7. The highest BCUT2D eigenvalue weighted by Crippen LogP contribution is 2.16. The number of nitrogens with one attached hydrogen (secondary N) is 1. The minimum absolute atomic E-state index is 0.152. The van der Waals surface area contributed by atoms with Gasteiger partial charge in [-0.25, -0.2) is 14.2 Å². The largest absolute Gasteiger partial charge is 0.477 e. The highest BCUT2D eigenvalue weighted by Gasteiger charge is 2.13. The molecule has 0 saturated heterocycles. The van der Waals surface area contributed by atoms with E-state index >= 15 is 0 Å². The third-order valence-corrected chi connectivity index (χ3v) is 2.65. The molecule has 1 heterocycles. The lowest BCUT2D eigenvalue weighted by atomic mass is 10.2. The van der Waals surface area contributed by atoms with Gasteiger partial charge in [0.1, 0.15) is 11.5 Å². The summed E-state index contributed by atoms with van der Waals surface area (Å²) in [6.07, 6.45) is 1.18. The Hall–Kier alpha value is -2.47. The number of hydrogen-bond acceptors (Lipinski definition) is 3. The maximum Gasteiger partial charge on any atom is 0.354 e. The van der Waals surface area contributed by atoms with Crippen LogP contribution in [0.3, 0.4) is 0 Å². The molecule has 0 atom stereocenters. The maximum absolute atomic E-state index is 13.5. The Morgan fingerprint density at radius 2 is 2.00 bits per heavy atom. The van der Waals surface area contributed by atoms with Gasteiger partial charge in [-0.3, -0.25) is 4.79 Å². The van der Waals surface area contributed by atoms with Gasteiger partial charge < -0.3 is 10.4 Å². The van der Waals surface area contributed by atoms with Crippen molar-refractivity contribution < 1.29 is 19.1 Å². The van der Waals surface area contributed by atoms with E-state index in [1.807, 2.05) is 0 Å². The van der Waals surface area contributed by atoms with Crippen LogP contribution in [0.15, 0.2) is 36.5 Å². The molecule has 0 fully saturated rings. The van der Waals surface area contributed by atoms with E-state index in [-0.39, 0.29) is 22.0 Å². The molecule has 0 aliphatic heterocycles. The minimum atomic E-state index is -1.17. The molecule has 1 aromatic heterocycles. The summed E-state index contributed by atoms with van der Waals surface area (Å²) in [5, 5.41) is 11.3. The lowest BCUT2D eigenvalue weighted by Crippen LogP contribution is -2.14. The van der Waals surface area contributed by atoms with E-state index in [2.05, 4.69) is 10.3 Å². The van der Waals surface area contributed by atoms with E-state index in [0.29, 0.717) is 0 Å². The van der Waals surface area contributed by atoms with Crippen LogP contribution in [0.5, 0.6) is 0 Å². The summed E-state index contributed by atoms with van der Waals surface area (Å²) < 4.78 is 13.5. The zero-order valence-electron chi connectivity index (χ0n) is 9.93. The predicted octanol–water partition coefficient (Wildman–Crippen LogP) is 2.82. The van der Waals surface area contributed by atoms with Gasteiger partial charge in [-0.05, 0) is 30.3 Å². The number of rotatable bonds is 3. The number of anilines is 1. The summed E-state index contributed by atoms with van der Waals surface area (Å²) in [6, 6.07) is 6.28. The number of nitrogens with zero attached hydrogens (tertiary/aromatic N) is 1. The Morgan fingerprint density at radius 3 is 2.55 bits per heavy atom. The van der Waals surface area contributed by atoms with Crippen molar-refractivity contribution in [3.8, 4) is 0 Å². The van der Waals surface area contributed by atoms with Crippen LogP contribution in [-0.4, -0.2) is 22.0 Å². The standard InChI is InChI=1S/C13H8ClFN2O3/c14-7-1-3-9(10(15)5-7)12(18)17-8-2-4-11(13(19)20)16-6-8/h1-6H,(H,17,18)(H,19,20). The molecule has 7 heteroatoms. The van der Waals surface area contributed by atoms with Crippen molar-refractivity contribution in [3.63, 3.8) is 0 Å². The molecule has 0 spiro atoms. The molecule has 0 bridgehead atoms. The van der Waals surface area contributed by atoms with E-state index < -0.39 is 17.7 Å². The molecule has 0 unspecified atom stereocenters. The van der Waals surface area contributed by atoms with E-state index in [1.165, 1.54) is 30.5 Å². The Morgan fingerprint density at radius 1 is 1.25 bits per heavy atom. The van der Waals surface area contributed by atoms with Crippen molar-refractivity contribution in [3.05, 3.63) is 58.6 Å². The third-order valence-electron chi connectivity index (χ3n) is 2.42. The van der Waals surface area contributed by atoms with E-state index in [4.69, 9.17) is 16.7 Å². The molecule has 102 valence electrons. The van der Waals surface area contributed by atoms with Crippen LogP contribution in [0, 0.1) is 5.82 Å². The Labute approximate surface area is 118 Å². The number of pyridine rings is 1. The predicted molar refractivity (Wildman–Crippen MR) is 70.6 cm³/mol. The van der Waals surface area contributed by atoms with Crippen molar-refractivity contribution in [2.24, 2.45) is 0 Å². The van der Waals surface area contributed by atoms with Gasteiger partial charge >= 0.3 is 5.97 Å². The van der Waals surface area contributed by atoms with Gasteiger partial charge in [0, 0.05) is 5.02 Å².